The largest absolute Gasteiger partial charge is 0.351 e. The molecule has 2 rings (SSSR count). The van der Waals surface area contributed by atoms with E-state index in [1.807, 2.05) is 38.1 Å². The number of benzene rings is 1. The highest BCUT2D eigenvalue weighted by Crippen LogP contribution is 2.09. The number of rotatable bonds is 8. The van der Waals surface area contributed by atoms with E-state index in [0.717, 1.165) is 17.5 Å². The third-order valence-electron chi connectivity index (χ3n) is 3.72. The van der Waals surface area contributed by atoms with Gasteiger partial charge in [-0.05, 0) is 31.4 Å². The molecule has 0 aliphatic rings. The van der Waals surface area contributed by atoms with E-state index in [9.17, 15) is 9.00 Å². The Morgan fingerprint density at radius 3 is 2.83 bits per heavy atom. The van der Waals surface area contributed by atoms with Crippen LogP contribution in [0.15, 0.2) is 28.8 Å². The minimum atomic E-state index is -1.40. The van der Waals surface area contributed by atoms with Gasteiger partial charge in [-0.15, -0.1) is 0 Å². The number of aromatic nitrogens is 2. The normalized spacial score (nSPS) is 13.5. The molecule has 0 bridgehead atoms. The van der Waals surface area contributed by atoms with Crippen LogP contribution in [0, 0.1) is 6.92 Å². The van der Waals surface area contributed by atoms with Gasteiger partial charge in [-0.3, -0.25) is 9.00 Å². The van der Waals surface area contributed by atoms with Gasteiger partial charge in [0, 0.05) is 23.8 Å². The molecule has 0 saturated carbocycles. The molecule has 1 amide bonds. The molecular weight excluding hydrogens is 326 g/mol. The fraction of sp³-hybridized carbons (Fsp3) is 0.471. The smallest absolute Gasteiger partial charge is 0.235 e. The molecule has 0 spiro atoms. The summed E-state index contributed by atoms with van der Waals surface area (Å²) in [6, 6.07) is 7.84. The number of carbonyl (C=O) groups is 1. The lowest BCUT2D eigenvalue weighted by Crippen LogP contribution is -2.35. The first-order chi connectivity index (χ1) is 11.5. The first-order valence-electron chi connectivity index (χ1n) is 8.02. The van der Waals surface area contributed by atoms with Gasteiger partial charge in [-0.2, -0.15) is 4.98 Å². The van der Waals surface area contributed by atoms with Crippen LogP contribution in [0.2, 0.25) is 0 Å². The average Bonchev–Trinajstić information content (AvgIpc) is 3.00. The maximum absolute atomic E-state index is 12.3. The van der Waals surface area contributed by atoms with Crippen LogP contribution in [-0.4, -0.2) is 25.5 Å². The summed E-state index contributed by atoms with van der Waals surface area (Å²) in [4.78, 5) is 16.4. The summed E-state index contributed by atoms with van der Waals surface area (Å²) < 4.78 is 17.4. The SMILES string of the molecule is CCCc1nc(CS(=O)C(C)C(=O)NCc2ccccc2C)no1. The summed E-state index contributed by atoms with van der Waals surface area (Å²) in [6.45, 7) is 6.09. The molecule has 0 fully saturated rings. The number of carbonyl (C=O) groups excluding carboxylic acids is 1. The monoisotopic (exact) mass is 349 g/mol. The predicted molar refractivity (Wildman–Crippen MR) is 92.6 cm³/mol. The molecule has 1 aromatic heterocycles. The van der Waals surface area contributed by atoms with Crippen LogP contribution in [0.5, 0.6) is 0 Å². The summed E-state index contributed by atoms with van der Waals surface area (Å²) in [5.41, 5.74) is 2.16. The molecule has 1 N–H and O–H groups in total. The van der Waals surface area contributed by atoms with E-state index >= 15 is 0 Å². The molecule has 2 aromatic rings. The predicted octanol–water partition coefficient (Wildman–Crippen LogP) is 2.28. The van der Waals surface area contributed by atoms with E-state index < -0.39 is 16.0 Å². The number of aryl methyl sites for hydroxylation is 2. The molecule has 2 unspecified atom stereocenters. The van der Waals surface area contributed by atoms with Crippen molar-refractivity contribution in [3.05, 3.63) is 47.1 Å². The molecular formula is C17H23N3O3S. The molecule has 24 heavy (non-hydrogen) atoms. The second-order valence-corrected chi connectivity index (χ2v) is 7.42. The molecule has 0 aliphatic heterocycles. The van der Waals surface area contributed by atoms with Crippen LogP contribution in [0.4, 0.5) is 0 Å². The van der Waals surface area contributed by atoms with Crippen LogP contribution in [0.1, 0.15) is 43.1 Å². The van der Waals surface area contributed by atoms with Gasteiger partial charge in [0.05, 0.1) is 5.75 Å². The van der Waals surface area contributed by atoms with Crippen molar-refractivity contribution in [1.29, 1.82) is 0 Å². The zero-order valence-electron chi connectivity index (χ0n) is 14.2. The lowest BCUT2D eigenvalue weighted by atomic mass is 10.1. The van der Waals surface area contributed by atoms with Crippen molar-refractivity contribution in [2.75, 3.05) is 0 Å². The average molecular weight is 349 g/mol. The standard InChI is InChI=1S/C17H23N3O3S/c1-4-7-16-19-15(20-23-16)11-24(22)13(3)17(21)18-10-14-9-6-5-8-12(14)2/h5-6,8-9,13H,4,7,10-11H2,1-3H3,(H,18,21). The van der Waals surface area contributed by atoms with Crippen LogP contribution in [0.25, 0.3) is 0 Å². The maximum atomic E-state index is 12.3. The van der Waals surface area contributed by atoms with Gasteiger partial charge >= 0.3 is 0 Å². The third kappa shape index (κ3) is 4.99. The number of amides is 1. The summed E-state index contributed by atoms with van der Waals surface area (Å²) in [6.07, 6.45) is 1.61. The van der Waals surface area contributed by atoms with Crippen LogP contribution in [-0.2, 0) is 34.3 Å². The fourth-order valence-corrected chi connectivity index (χ4v) is 3.11. The van der Waals surface area contributed by atoms with Gasteiger partial charge in [-0.25, -0.2) is 0 Å². The molecule has 6 nitrogen and oxygen atoms in total. The molecule has 2 atom stereocenters. The highest BCUT2D eigenvalue weighted by Gasteiger charge is 2.22. The number of nitrogens with zero attached hydrogens (tertiary/aromatic N) is 2. The van der Waals surface area contributed by atoms with Gasteiger partial charge in [-0.1, -0.05) is 36.3 Å². The van der Waals surface area contributed by atoms with E-state index in [4.69, 9.17) is 4.52 Å². The summed E-state index contributed by atoms with van der Waals surface area (Å²) in [7, 11) is -1.40. The molecule has 1 heterocycles. The minimum Gasteiger partial charge on any atom is -0.351 e. The number of hydrogen-bond donors (Lipinski definition) is 1. The molecule has 0 saturated heterocycles. The van der Waals surface area contributed by atoms with Crippen molar-refractivity contribution >= 4 is 16.7 Å². The van der Waals surface area contributed by atoms with Gasteiger partial charge in [0.15, 0.2) is 5.82 Å². The van der Waals surface area contributed by atoms with E-state index in [-0.39, 0.29) is 11.7 Å². The Morgan fingerprint density at radius 1 is 1.38 bits per heavy atom. The lowest BCUT2D eigenvalue weighted by Gasteiger charge is -2.12. The van der Waals surface area contributed by atoms with Gasteiger partial charge in [0.2, 0.25) is 11.8 Å². The Bertz CT molecular complexity index is 715. The number of nitrogens with one attached hydrogen (secondary N) is 1. The topological polar surface area (TPSA) is 85.1 Å². The lowest BCUT2D eigenvalue weighted by molar-refractivity contribution is -0.120. The third-order valence-corrected chi connectivity index (χ3v) is 5.27. The highest BCUT2D eigenvalue weighted by atomic mass is 32.2. The van der Waals surface area contributed by atoms with Crippen molar-refractivity contribution in [3.63, 3.8) is 0 Å². The second-order valence-electron chi connectivity index (χ2n) is 5.67. The molecule has 130 valence electrons. The Hall–Kier alpha value is -2.02. The first-order valence-corrected chi connectivity index (χ1v) is 9.40. The highest BCUT2D eigenvalue weighted by molar-refractivity contribution is 7.85. The van der Waals surface area contributed by atoms with Crippen molar-refractivity contribution in [2.45, 2.75) is 51.2 Å². The molecule has 1 aromatic carbocycles. The summed E-state index contributed by atoms with van der Waals surface area (Å²) in [5, 5.41) is 6.01. The minimum absolute atomic E-state index is 0.117. The first kappa shape index (κ1) is 18.3. The molecule has 0 aliphatic carbocycles. The second kappa shape index (κ2) is 8.73. The van der Waals surface area contributed by atoms with Crippen molar-refractivity contribution < 1.29 is 13.5 Å². The molecule has 0 radical (unpaired) electrons. The van der Waals surface area contributed by atoms with Crippen LogP contribution >= 0.6 is 0 Å². The van der Waals surface area contributed by atoms with Crippen LogP contribution in [0.3, 0.4) is 0 Å². The molecule has 7 heteroatoms. The zero-order valence-corrected chi connectivity index (χ0v) is 15.1. The van der Waals surface area contributed by atoms with Gasteiger partial charge < -0.3 is 9.84 Å². The fourth-order valence-electron chi connectivity index (χ4n) is 2.17. The van der Waals surface area contributed by atoms with Crippen LogP contribution < -0.4 is 5.32 Å². The van der Waals surface area contributed by atoms with E-state index in [2.05, 4.69) is 15.5 Å². The Labute approximate surface area is 144 Å². The summed E-state index contributed by atoms with van der Waals surface area (Å²) in [5.74, 6) is 0.803. The number of hydrogen-bond acceptors (Lipinski definition) is 5. The van der Waals surface area contributed by atoms with E-state index in [0.29, 0.717) is 24.7 Å². The van der Waals surface area contributed by atoms with E-state index in [1.165, 1.54) is 0 Å². The van der Waals surface area contributed by atoms with Gasteiger partial charge in [0.25, 0.3) is 0 Å². The maximum Gasteiger partial charge on any atom is 0.235 e. The van der Waals surface area contributed by atoms with Crippen molar-refractivity contribution in [2.24, 2.45) is 0 Å². The zero-order chi connectivity index (χ0) is 17.5. The summed E-state index contributed by atoms with van der Waals surface area (Å²) >= 11 is 0. The Kier molecular flexibility index (Phi) is 6.66. The van der Waals surface area contributed by atoms with Crippen molar-refractivity contribution in [3.8, 4) is 0 Å². The Morgan fingerprint density at radius 2 is 2.12 bits per heavy atom. The van der Waals surface area contributed by atoms with Crippen molar-refractivity contribution in [1.82, 2.24) is 15.5 Å². The quantitative estimate of drug-likeness (QED) is 0.790. The van der Waals surface area contributed by atoms with E-state index in [1.54, 1.807) is 6.92 Å². The van der Waals surface area contributed by atoms with Gasteiger partial charge in [0.1, 0.15) is 5.25 Å². The Balaban J connectivity index is 1.87.